The quantitative estimate of drug-likeness (QED) is 0.464. The smallest absolute Gasteiger partial charge is 0.308 e. The Bertz CT molecular complexity index is 654. The van der Waals surface area contributed by atoms with Gasteiger partial charge in [0, 0.05) is 5.92 Å². The number of carbonyl (C=O) groups excluding carboxylic acids is 1. The molecule has 0 saturated carbocycles. The van der Waals surface area contributed by atoms with Crippen LogP contribution in [0.5, 0.6) is 0 Å². The van der Waals surface area contributed by atoms with Gasteiger partial charge in [-0.1, -0.05) is 45.9 Å². The Hall–Kier alpha value is -1.66. The maximum absolute atomic E-state index is 12.5. The molecule has 8 atom stereocenters. The predicted octanol–water partition coefficient (Wildman–Crippen LogP) is 3.72. The van der Waals surface area contributed by atoms with Crippen LogP contribution in [0.4, 0.5) is 0 Å². The van der Waals surface area contributed by atoms with E-state index in [-0.39, 0.29) is 48.6 Å². The molecule has 0 aromatic rings. The van der Waals surface area contributed by atoms with Gasteiger partial charge in [-0.15, -0.1) is 0 Å². The van der Waals surface area contributed by atoms with Gasteiger partial charge in [-0.05, 0) is 55.4 Å². The number of aliphatic hydroxyl groups is 2. The van der Waals surface area contributed by atoms with E-state index in [1.54, 1.807) is 0 Å². The highest BCUT2D eigenvalue weighted by atomic mass is 16.5. The van der Waals surface area contributed by atoms with Crippen molar-refractivity contribution >= 4 is 11.9 Å². The molecule has 30 heavy (non-hydrogen) atoms. The summed E-state index contributed by atoms with van der Waals surface area (Å²) in [4.78, 5) is 23.2. The van der Waals surface area contributed by atoms with Crippen LogP contribution in [-0.2, 0) is 14.3 Å². The third-order valence-corrected chi connectivity index (χ3v) is 6.67. The molecule has 0 saturated heterocycles. The molecular formula is C24H38O6. The fourth-order valence-corrected chi connectivity index (χ4v) is 4.76. The lowest BCUT2D eigenvalue weighted by molar-refractivity contribution is -0.158. The second-order valence-electron chi connectivity index (χ2n) is 9.29. The molecule has 0 bridgehead atoms. The number of carbonyl (C=O) groups is 2. The Kier molecular flexibility index (Phi) is 9.10. The summed E-state index contributed by atoms with van der Waals surface area (Å²) >= 11 is 0. The molecule has 0 amide bonds. The summed E-state index contributed by atoms with van der Waals surface area (Å²) in [5, 5.41) is 28.9. The molecule has 6 heteroatoms. The Morgan fingerprint density at radius 3 is 2.57 bits per heavy atom. The summed E-state index contributed by atoms with van der Waals surface area (Å²) in [7, 11) is 0. The second kappa shape index (κ2) is 11.1. The Labute approximate surface area is 180 Å². The van der Waals surface area contributed by atoms with Crippen molar-refractivity contribution in [3.8, 4) is 0 Å². The van der Waals surface area contributed by atoms with E-state index in [9.17, 15) is 19.8 Å². The summed E-state index contributed by atoms with van der Waals surface area (Å²) in [6, 6.07) is 0. The summed E-state index contributed by atoms with van der Waals surface area (Å²) < 4.78 is 6.00. The van der Waals surface area contributed by atoms with Crippen molar-refractivity contribution in [1.29, 1.82) is 0 Å². The number of hydrogen-bond donors (Lipinski definition) is 3. The highest BCUT2D eigenvalue weighted by molar-refractivity contribution is 5.72. The lowest BCUT2D eigenvalue weighted by Crippen LogP contribution is -2.41. The molecular weight excluding hydrogens is 384 g/mol. The number of fused-ring (bicyclic) bond motifs is 1. The predicted molar refractivity (Wildman–Crippen MR) is 115 cm³/mol. The van der Waals surface area contributed by atoms with Crippen LogP contribution in [0, 0.1) is 29.6 Å². The molecule has 6 nitrogen and oxygen atoms in total. The Balaban J connectivity index is 2.09. The number of aliphatic carboxylic acids is 1. The molecule has 2 rings (SSSR count). The molecule has 170 valence electrons. The monoisotopic (exact) mass is 422 g/mol. The van der Waals surface area contributed by atoms with Crippen LogP contribution in [0.3, 0.4) is 0 Å². The molecule has 0 radical (unpaired) electrons. The molecule has 0 spiro atoms. The summed E-state index contributed by atoms with van der Waals surface area (Å²) in [6.45, 7) is 8.16. The number of allylic oxidation sites excluding steroid dienone is 3. The van der Waals surface area contributed by atoms with E-state index in [0.717, 1.165) is 19.3 Å². The maximum Gasteiger partial charge on any atom is 0.308 e. The number of carboxylic acid groups (broad SMARTS) is 1. The van der Waals surface area contributed by atoms with Crippen molar-refractivity contribution < 1.29 is 29.6 Å². The van der Waals surface area contributed by atoms with Gasteiger partial charge in [-0.2, -0.15) is 0 Å². The van der Waals surface area contributed by atoms with Crippen molar-refractivity contribution in [1.82, 2.24) is 0 Å². The fourth-order valence-electron chi connectivity index (χ4n) is 4.76. The Morgan fingerprint density at radius 2 is 1.93 bits per heavy atom. The van der Waals surface area contributed by atoms with Gasteiger partial charge in [0.25, 0.3) is 0 Å². The standard InChI is InChI=1S/C24H38O6/c1-5-15(3)24(29)30-21-11-14(2)10-17-7-6-16(4)20(23(17)21)9-8-18(25)12-19(26)13-22(27)28/h6-7,10,14-16,18-21,23,25-26H,5,8-9,11-13H2,1-4H3,(H,27,28)/t14-,15-,16+,18+,19+,20-,21-,23-/m0/s1. The zero-order valence-electron chi connectivity index (χ0n) is 18.7. The Morgan fingerprint density at radius 1 is 1.23 bits per heavy atom. The topological polar surface area (TPSA) is 104 Å². The minimum Gasteiger partial charge on any atom is -0.481 e. The average Bonchev–Trinajstić information content (AvgIpc) is 2.65. The maximum atomic E-state index is 12.5. The van der Waals surface area contributed by atoms with Gasteiger partial charge >= 0.3 is 11.9 Å². The highest BCUT2D eigenvalue weighted by Crippen LogP contribution is 2.45. The molecule has 0 unspecified atom stereocenters. The van der Waals surface area contributed by atoms with Crippen LogP contribution in [-0.4, -0.2) is 45.6 Å². The molecule has 3 N–H and O–H groups in total. The third kappa shape index (κ3) is 6.67. The number of aliphatic hydroxyl groups excluding tert-OH is 2. The normalized spacial score (nSPS) is 31.3. The van der Waals surface area contributed by atoms with Crippen LogP contribution in [0.15, 0.2) is 23.8 Å². The SMILES string of the molecule is CC[C@H](C)C(=O)O[C@H]1C[C@@H](C)C=C2C=C[C@@H](C)[C@H](CC[C@@H](O)C[C@@H](O)CC(=O)O)[C@H]21. The molecule has 0 aromatic heterocycles. The zero-order valence-corrected chi connectivity index (χ0v) is 18.7. The lowest BCUT2D eigenvalue weighted by atomic mass is 9.65. The number of ether oxygens (including phenoxy) is 1. The molecule has 0 aromatic carbocycles. The van der Waals surface area contributed by atoms with Crippen LogP contribution in [0.2, 0.25) is 0 Å². The highest BCUT2D eigenvalue weighted by Gasteiger charge is 2.41. The van der Waals surface area contributed by atoms with Gasteiger partial charge in [0.2, 0.25) is 0 Å². The summed E-state index contributed by atoms with van der Waals surface area (Å²) in [5.74, 6) is -0.406. The second-order valence-corrected chi connectivity index (χ2v) is 9.29. The van der Waals surface area contributed by atoms with E-state index >= 15 is 0 Å². The number of rotatable bonds is 10. The van der Waals surface area contributed by atoms with Gasteiger partial charge in [0.15, 0.2) is 0 Å². The van der Waals surface area contributed by atoms with Gasteiger partial charge in [-0.25, -0.2) is 0 Å². The average molecular weight is 423 g/mol. The number of carboxylic acids is 1. The first-order valence-corrected chi connectivity index (χ1v) is 11.3. The van der Waals surface area contributed by atoms with E-state index in [4.69, 9.17) is 9.84 Å². The molecule has 2 aliphatic rings. The van der Waals surface area contributed by atoms with Crippen molar-refractivity contribution in [2.24, 2.45) is 29.6 Å². The van der Waals surface area contributed by atoms with E-state index in [1.165, 1.54) is 5.57 Å². The molecule has 0 heterocycles. The van der Waals surface area contributed by atoms with Crippen molar-refractivity contribution in [3.63, 3.8) is 0 Å². The first kappa shape index (κ1) is 24.6. The summed E-state index contributed by atoms with van der Waals surface area (Å²) in [5.41, 5.74) is 1.21. The number of hydrogen-bond acceptors (Lipinski definition) is 5. The van der Waals surface area contributed by atoms with Gasteiger partial charge < -0.3 is 20.1 Å². The minimum atomic E-state index is -1.07. The fraction of sp³-hybridized carbons (Fsp3) is 0.750. The van der Waals surface area contributed by atoms with E-state index in [1.807, 2.05) is 13.8 Å². The van der Waals surface area contributed by atoms with Crippen molar-refractivity contribution in [3.05, 3.63) is 23.8 Å². The number of esters is 1. The van der Waals surface area contributed by atoms with E-state index in [2.05, 4.69) is 32.1 Å². The van der Waals surface area contributed by atoms with Crippen LogP contribution in [0.25, 0.3) is 0 Å². The van der Waals surface area contributed by atoms with E-state index in [0.29, 0.717) is 12.3 Å². The van der Waals surface area contributed by atoms with Gasteiger partial charge in [0.1, 0.15) is 6.10 Å². The van der Waals surface area contributed by atoms with Gasteiger partial charge in [0.05, 0.1) is 24.5 Å². The largest absolute Gasteiger partial charge is 0.481 e. The van der Waals surface area contributed by atoms with Crippen molar-refractivity contribution in [2.45, 2.75) is 84.5 Å². The molecule has 0 fully saturated rings. The minimum absolute atomic E-state index is 0.0556. The van der Waals surface area contributed by atoms with E-state index < -0.39 is 18.2 Å². The molecule has 2 aliphatic carbocycles. The third-order valence-electron chi connectivity index (χ3n) is 6.67. The van der Waals surface area contributed by atoms with Crippen LogP contribution in [0.1, 0.15) is 66.2 Å². The lowest BCUT2D eigenvalue weighted by Gasteiger charge is -2.43. The van der Waals surface area contributed by atoms with Crippen LogP contribution < -0.4 is 0 Å². The van der Waals surface area contributed by atoms with Crippen molar-refractivity contribution in [2.75, 3.05) is 0 Å². The van der Waals surface area contributed by atoms with Crippen LogP contribution >= 0.6 is 0 Å². The molecule has 0 aliphatic heterocycles. The zero-order chi connectivity index (χ0) is 22.4. The first-order chi connectivity index (χ1) is 14.1. The van der Waals surface area contributed by atoms with Gasteiger partial charge in [-0.3, -0.25) is 9.59 Å². The summed E-state index contributed by atoms with van der Waals surface area (Å²) in [6.07, 6.45) is 7.07. The first-order valence-electron chi connectivity index (χ1n) is 11.3.